The van der Waals surface area contributed by atoms with Crippen LogP contribution >= 0.6 is 0 Å². The molecular formula is C17H18F2N4O3. The molecule has 1 aromatic heterocycles. The van der Waals surface area contributed by atoms with Gasteiger partial charge in [-0.2, -0.15) is 0 Å². The minimum Gasteiger partial charge on any atom is -0.445 e. The van der Waals surface area contributed by atoms with Gasteiger partial charge in [0.15, 0.2) is 17.1 Å². The Labute approximate surface area is 148 Å². The molecular weight excluding hydrogens is 346 g/mol. The van der Waals surface area contributed by atoms with Crippen molar-refractivity contribution in [2.75, 3.05) is 18.5 Å². The summed E-state index contributed by atoms with van der Waals surface area (Å²) in [5.74, 6) is 0.241. The Morgan fingerprint density at radius 2 is 2.15 bits per heavy atom. The van der Waals surface area contributed by atoms with Gasteiger partial charge >= 0.3 is 0 Å². The van der Waals surface area contributed by atoms with Crippen molar-refractivity contribution in [2.24, 2.45) is 10.7 Å². The van der Waals surface area contributed by atoms with Crippen molar-refractivity contribution in [2.45, 2.75) is 25.8 Å². The van der Waals surface area contributed by atoms with Crippen LogP contribution < -0.4 is 11.1 Å². The van der Waals surface area contributed by atoms with Gasteiger partial charge in [-0.3, -0.25) is 9.79 Å². The summed E-state index contributed by atoms with van der Waals surface area (Å²) in [4.78, 5) is 20.3. The monoisotopic (exact) mass is 364 g/mol. The van der Waals surface area contributed by atoms with Crippen LogP contribution in [0.2, 0.25) is 0 Å². The molecule has 3 rings (SSSR count). The number of nitrogens with one attached hydrogen (secondary N) is 1. The number of hydrogen-bond acceptors (Lipinski definition) is 6. The number of amidine groups is 1. The van der Waals surface area contributed by atoms with Crippen molar-refractivity contribution >= 4 is 17.4 Å². The zero-order valence-corrected chi connectivity index (χ0v) is 14.3. The summed E-state index contributed by atoms with van der Waals surface area (Å²) in [7, 11) is 0. The molecule has 1 unspecified atom stereocenters. The number of halogens is 2. The number of rotatable bonds is 4. The molecule has 0 aliphatic carbocycles. The first-order valence-electron chi connectivity index (χ1n) is 7.88. The third-order valence-corrected chi connectivity index (χ3v) is 4.02. The number of carbonyl (C=O) groups is 1. The van der Waals surface area contributed by atoms with Crippen molar-refractivity contribution in [3.8, 4) is 0 Å². The molecule has 1 aliphatic rings. The van der Waals surface area contributed by atoms with Crippen molar-refractivity contribution in [1.82, 2.24) is 4.98 Å². The number of amides is 1. The fourth-order valence-electron chi connectivity index (χ4n) is 2.81. The average Bonchev–Trinajstić information content (AvgIpc) is 2.93. The van der Waals surface area contributed by atoms with Crippen LogP contribution in [0.25, 0.3) is 0 Å². The number of carbonyl (C=O) groups excluding carboxylic acids is 1. The number of alkyl halides is 2. The highest BCUT2D eigenvalue weighted by Gasteiger charge is 2.44. The van der Waals surface area contributed by atoms with E-state index in [9.17, 15) is 13.6 Å². The number of benzene rings is 1. The van der Waals surface area contributed by atoms with E-state index in [1.165, 1.54) is 12.1 Å². The first-order chi connectivity index (χ1) is 12.3. The van der Waals surface area contributed by atoms with E-state index in [0.29, 0.717) is 17.3 Å². The average molecular weight is 364 g/mol. The van der Waals surface area contributed by atoms with Gasteiger partial charge in [-0.25, -0.2) is 13.8 Å². The second kappa shape index (κ2) is 6.83. The van der Waals surface area contributed by atoms with Gasteiger partial charge < -0.3 is 20.2 Å². The van der Waals surface area contributed by atoms with Crippen LogP contribution in [0.4, 0.5) is 14.5 Å². The smallest absolute Gasteiger partial charge is 0.277 e. The summed E-state index contributed by atoms with van der Waals surface area (Å²) in [6.07, 6.45) is -2.83. The second-order valence-electron chi connectivity index (χ2n) is 5.99. The largest absolute Gasteiger partial charge is 0.445 e. The third kappa shape index (κ3) is 3.30. The molecule has 2 heterocycles. The van der Waals surface area contributed by atoms with Gasteiger partial charge in [-0.1, -0.05) is 12.1 Å². The van der Waals surface area contributed by atoms with Crippen molar-refractivity contribution < 1.29 is 22.7 Å². The Morgan fingerprint density at radius 3 is 2.77 bits per heavy atom. The molecule has 1 amide bonds. The van der Waals surface area contributed by atoms with Crippen molar-refractivity contribution in [3.05, 3.63) is 47.2 Å². The Morgan fingerprint density at radius 1 is 1.38 bits per heavy atom. The topological polar surface area (TPSA) is 103 Å². The SMILES string of the molecule is Cc1nc(C(=O)Nc2cccc(C3(C(F)F)COCC(N)=N3)c2)c(C)o1. The third-order valence-electron chi connectivity index (χ3n) is 4.02. The van der Waals surface area contributed by atoms with E-state index in [0.717, 1.165) is 0 Å². The fourth-order valence-corrected chi connectivity index (χ4v) is 2.81. The minimum absolute atomic E-state index is 0.000291. The first kappa shape index (κ1) is 18.0. The molecule has 0 saturated carbocycles. The van der Waals surface area contributed by atoms with Gasteiger partial charge in [0.2, 0.25) is 0 Å². The van der Waals surface area contributed by atoms with E-state index in [1.54, 1.807) is 26.0 Å². The number of nitrogens with two attached hydrogens (primary N) is 1. The van der Waals surface area contributed by atoms with Gasteiger partial charge in [0.25, 0.3) is 12.3 Å². The number of aryl methyl sites for hydroxylation is 2. The quantitative estimate of drug-likeness (QED) is 0.867. The Bertz CT molecular complexity index is 865. The van der Waals surface area contributed by atoms with Crippen molar-refractivity contribution in [3.63, 3.8) is 0 Å². The van der Waals surface area contributed by atoms with E-state index < -0.39 is 17.9 Å². The van der Waals surface area contributed by atoms with Crippen LogP contribution in [0.5, 0.6) is 0 Å². The highest BCUT2D eigenvalue weighted by molar-refractivity contribution is 6.03. The fraction of sp³-hybridized carbons (Fsp3) is 0.353. The normalized spacial score (nSPS) is 20.1. The minimum atomic E-state index is -2.83. The standard InChI is InChI=1S/C17H18F2N4O3/c1-9-14(21-10(2)26-9)15(24)22-12-5-3-4-11(6-12)17(16(18)19)8-25-7-13(20)23-17/h3-6,16H,7-8H2,1-2H3,(H2,20,23)(H,22,24). The lowest BCUT2D eigenvalue weighted by Crippen LogP contribution is -2.44. The zero-order chi connectivity index (χ0) is 18.9. The molecule has 7 nitrogen and oxygen atoms in total. The van der Waals surface area contributed by atoms with E-state index in [1.807, 2.05) is 0 Å². The molecule has 0 spiro atoms. The number of aromatic nitrogens is 1. The Balaban J connectivity index is 1.91. The molecule has 2 aromatic rings. The van der Waals surface area contributed by atoms with E-state index in [-0.39, 0.29) is 30.3 Å². The first-order valence-corrected chi connectivity index (χ1v) is 7.88. The van der Waals surface area contributed by atoms with Gasteiger partial charge in [0.05, 0.1) is 6.61 Å². The summed E-state index contributed by atoms with van der Waals surface area (Å²) in [6, 6.07) is 6.06. The van der Waals surface area contributed by atoms with Crippen LogP contribution in [0, 0.1) is 13.8 Å². The summed E-state index contributed by atoms with van der Waals surface area (Å²) in [5.41, 5.74) is 4.36. The maximum Gasteiger partial charge on any atom is 0.277 e. The number of ether oxygens (including phenoxy) is 1. The van der Waals surface area contributed by atoms with Gasteiger partial charge in [-0.05, 0) is 24.6 Å². The Kier molecular flexibility index (Phi) is 4.73. The zero-order valence-electron chi connectivity index (χ0n) is 14.3. The molecule has 26 heavy (non-hydrogen) atoms. The predicted molar refractivity (Wildman–Crippen MR) is 90.5 cm³/mol. The van der Waals surface area contributed by atoms with Gasteiger partial charge in [0, 0.05) is 12.6 Å². The predicted octanol–water partition coefficient (Wildman–Crippen LogP) is 2.39. The lowest BCUT2D eigenvalue weighted by Gasteiger charge is -2.33. The number of aliphatic imine (C=N–C) groups is 1. The van der Waals surface area contributed by atoms with E-state index in [2.05, 4.69) is 15.3 Å². The van der Waals surface area contributed by atoms with Crippen LogP contribution in [0.15, 0.2) is 33.7 Å². The molecule has 9 heteroatoms. The highest BCUT2D eigenvalue weighted by Crippen LogP contribution is 2.36. The van der Waals surface area contributed by atoms with Crippen LogP contribution in [0.3, 0.4) is 0 Å². The van der Waals surface area contributed by atoms with Crippen LogP contribution in [0.1, 0.15) is 27.7 Å². The van der Waals surface area contributed by atoms with Gasteiger partial charge in [0.1, 0.15) is 18.2 Å². The number of anilines is 1. The molecule has 1 aliphatic heterocycles. The highest BCUT2D eigenvalue weighted by atomic mass is 19.3. The number of nitrogens with zero attached hydrogens (tertiary/aromatic N) is 2. The maximum atomic E-state index is 13.8. The molecule has 0 bridgehead atoms. The Hall–Kier alpha value is -2.81. The lowest BCUT2D eigenvalue weighted by molar-refractivity contribution is -0.0129. The summed E-state index contributed by atoms with van der Waals surface area (Å²) >= 11 is 0. The molecule has 0 saturated heterocycles. The summed E-state index contributed by atoms with van der Waals surface area (Å²) in [6.45, 7) is 2.95. The van der Waals surface area contributed by atoms with Crippen LogP contribution in [-0.4, -0.2) is 36.4 Å². The van der Waals surface area contributed by atoms with E-state index in [4.69, 9.17) is 14.9 Å². The second-order valence-corrected chi connectivity index (χ2v) is 5.99. The molecule has 0 radical (unpaired) electrons. The lowest BCUT2D eigenvalue weighted by atomic mass is 9.90. The molecule has 1 atom stereocenters. The molecule has 3 N–H and O–H groups in total. The maximum absolute atomic E-state index is 13.8. The molecule has 138 valence electrons. The molecule has 1 aromatic carbocycles. The van der Waals surface area contributed by atoms with Crippen LogP contribution in [-0.2, 0) is 10.3 Å². The summed E-state index contributed by atoms with van der Waals surface area (Å²) in [5, 5.41) is 2.63. The number of oxazole rings is 1. The van der Waals surface area contributed by atoms with E-state index >= 15 is 0 Å². The number of hydrogen-bond donors (Lipinski definition) is 2. The summed E-state index contributed by atoms with van der Waals surface area (Å²) < 4.78 is 38.0. The molecule has 0 fully saturated rings. The van der Waals surface area contributed by atoms with Gasteiger partial charge in [-0.15, -0.1) is 0 Å². The van der Waals surface area contributed by atoms with Crippen molar-refractivity contribution in [1.29, 1.82) is 0 Å².